The topological polar surface area (TPSA) is 38.7 Å². The summed E-state index contributed by atoms with van der Waals surface area (Å²) in [6, 6.07) is 5.53. The molecule has 0 saturated carbocycles. The summed E-state index contributed by atoms with van der Waals surface area (Å²) in [6.07, 6.45) is -4.76. The average Bonchev–Trinajstić information content (AvgIpc) is 2.26. The third-order valence-corrected chi connectivity index (χ3v) is 2.12. The van der Waals surface area contributed by atoms with Gasteiger partial charge in [-0.2, -0.15) is 0 Å². The van der Waals surface area contributed by atoms with E-state index in [2.05, 4.69) is 4.74 Å². The first-order chi connectivity index (χ1) is 8.23. The molecule has 0 unspecified atom stereocenters. The minimum Gasteiger partial charge on any atom is -0.489 e. The van der Waals surface area contributed by atoms with Crippen LogP contribution in [0, 0.1) is 5.41 Å². The van der Waals surface area contributed by atoms with Gasteiger partial charge in [-0.05, 0) is 12.1 Å². The number of hydrogen-bond donors (Lipinski definition) is 1. The second kappa shape index (κ2) is 5.48. The number of aliphatic hydroxyl groups excluding tert-OH is 1. The lowest BCUT2D eigenvalue weighted by atomic mass is 9.96. The van der Waals surface area contributed by atoms with Crippen molar-refractivity contribution in [2.75, 3.05) is 13.2 Å². The molecular formula is C12H15F3O3. The van der Waals surface area contributed by atoms with Crippen LogP contribution in [-0.2, 0) is 0 Å². The Kier molecular flexibility index (Phi) is 4.45. The molecular weight excluding hydrogens is 249 g/mol. The third-order valence-electron chi connectivity index (χ3n) is 2.12. The Labute approximate surface area is 103 Å². The quantitative estimate of drug-likeness (QED) is 0.888. The van der Waals surface area contributed by atoms with E-state index in [1.807, 2.05) is 0 Å². The first kappa shape index (κ1) is 14.6. The number of ether oxygens (including phenoxy) is 2. The van der Waals surface area contributed by atoms with Crippen LogP contribution in [0.1, 0.15) is 13.8 Å². The summed E-state index contributed by atoms with van der Waals surface area (Å²) in [5, 5.41) is 9.04. The van der Waals surface area contributed by atoms with E-state index in [-0.39, 0.29) is 19.0 Å². The first-order valence-electron chi connectivity index (χ1n) is 5.32. The highest BCUT2D eigenvalue weighted by Crippen LogP contribution is 2.32. The van der Waals surface area contributed by atoms with Crippen LogP contribution in [0.15, 0.2) is 24.3 Å². The molecule has 0 atom stereocenters. The van der Waals surface area contributed by atoms with Crippen molar-refractivity contribution in [3.63, 3.8) is 0 Å². The van der Waals surface area contributed by atoms with E-state index in [9.17, 15) is 13.2 Å². The Balaban J connectivity index is 2.77. The van der Waals surface area contributed by atoms with Gasteiger partial charge in [-0.25, -0.2) is 0 Å². The molecule has 3 nitrogen and oxygen atoms in total. The number of hydrogen-bond acceptors (Lipinski definition) is 3. The van der Waals surface area contributed by atoms with Crippen LogP contribution >= 0.6 is 0 Å². The van der Waals surface area contributed by atoms with E-state index in [1.54, 1.807) is 19.9 Å². The third kappa shape index (κ3) is 4.83. The van der Waals surface area contributed by atoms with Crippen molar-refractivity contribution in [2.24, 2.45) is 5.41 Å². The molecule has 0 aliphatic carbocycles. The van der Waals surface area contributed by atoms with Crippen LogP contribution in [0.4, 0.5) is 13.2 Å². The van der Waals surface area contributed by atoms with Crippen molar-refractivity contribution in [1.82, 2.24) is 0 Å². The highest BCUT2D eigenvalue weighted by atomic mass is 19.4. The largest absolute Gasteiger partial charge is 0.573 e. The fourth-order valence-corrected chi connectivity index (χ4v) is 1.10. The number of benzene rings is 1. The van der Waals surface area contributed by atoms with E-state index in [0.717, 1.165) is 0 Å². The molecule has 1 aromatic rings. The summed E-state index contributed by atoms with van der Waals surface area (Å²) in [7, 11) is 0. The molecule has 0 bridgehead atoms. The van der Waals surface area contributed by atoms with E-state index in [0.29, 0.717) is 0 Å². The van der Waals surface area contributed by atoms with Gasteiger partial charge in [0, 0.05) is 5.41 Å². The minimum atomic E-state index is -4.76. The summed E-state index contributed by atoms with van der Waals surface area (Å²) < 4.78 is 45.5. The van der Waals surface area contributed by atoms with E-state index >= 15 is 0 Å². The zero-order valence-electron chi connectivity index (χ0n) is 10.1. The fraction of sp³-hybridized carbons (Fsp3) is 0.500. The lowest BCUT2D eigenvalue weighted by Gasteiger charge is -2.22. The predicted molar refractivity (Wildman–Crippen MR) is 59.5 cm³/mol. The van der Waals surface area contributed by atoms with Gasteiger partial charge in [0.05, 0.1) is 13.2 Å². The van der Waals surface area contributed by atoms with Gasteiger partial charge in [-0.1, -0.05) is 26.0 Å². The molecule has 0 aliphatic heterocycles. The lowest BCUT2D eigenvalue weighted by Crippen LogP contribution is -2.26. The highest BCUT2D eigenvalue weighted by molar-refractivity contribution is 5.39. The van der Waals surface area contributed by atoms with Gasteiger partial charge in [-0.3, -0.25) is 0 Å². The van der Waals surface area contributed by atoms with Crippen molar-refractivity contribution in [1.29, 1.82) is 0 Å². The van der Waals surface area contributed by atoms with Gasteiger partial charge >= 0.3 is 6.36 Å². The fourth-order valence-electron chi connectivity index (χ4n) is 1.10. The Hall–Kier alpha value is -1.43. The lowest BCUT2D eigenvalue weighted by molar-refractivity contribution is -0.275. The molecule has 0 radical (unpaired) electrons. The maximum absolute atomic E-state index is 12.1. The van der Waals surface area contributed by atoms with Crippen LogP contribution in [0.25, 0.3) is 0 Å². The molecule has 0 fully saturated rings. The Morgan fingerprint density at radius 2 is 1.67 bits per heavy atom. The Bertz CT molecular complexity index is 388. The summed E-state index contributed by atoms with van der Waals surface area (Å²) >= 11 is 0. The standard InChI is InChI=1S/C12H15F3O3/c1-11(2,7-16)8-17-9-5-3-4-6-10(9)18-12(13,14)15/h3-6,16H,7-8H2,1-2H3. The van der Waals surface area contributed by atoms with Gasteiger partial charge < -0.3 is 14.6 Å². The zero-order valence-corrected chi connectivity index (χ0v) is 10.1. The van der Waals surface area contributed by atoms with Crippen LogP contribution in [0.3, 0.4) is 0 Å². The second-order valence-corrected chi connectivity index (χ2v) is 4.61. The van der Waals surface area contributed by atoms with Crippen LogP contribution in [-0.4, -0.2) is 24.7 Å². The SMILES string of the molecule is CC(C)(CO)COc1ccccc1OC(F)(F)F. The molecule has 0 aromatic heterocycles. The van der Waals surface area contributed by atoms with Crippen LogP contribution < -0.4 is 9.47 Å². The van der Waals surface area contributed by atoms with Crippen molar-refractivity contribution < 1.29 is 27.8 Å². The zero-order chi connectivity index (χ0) is 13.8. The van der Waals surface area contributed by atoms with Crippen molar-refractivity contribution in [2.45, 2.75) is 20.2 Å². The Morgan fingerprint density at radius 3 is 2.17 bits per heavy atom. The van der Waals surface area contributed by atoms with Gasteiger partial charge in [0.15, 0.2) is 11.5 Å². The Morgan fingerprint density at radius 1 is 1.11 bits per heavy atom. The molecule has 0 saturated heterocycles. The van der Waals surface area contributed by atoms with Gasteiger partial charge in [0.1, 0.15) is 0 Å². The summed E-state index contributed by atoms with van der Waals surface area (Å²) in [4.78, 5) is 0. The average molecular weight is 264 g/mol. The molecule has 18 heavy (non-hydrogen) atoms. The maximum atomic E-state index is 12.1. The van der Waals surface area contributed by atoms with Crippen LogP contribution in [0.2, 0.25) is 0 Å². The van der Waals surface area contributed by atoms with E-state index < -0.39 is 17.5 Å². The summed E-state index contributed by atoms with van der Waals surface area (Å²) in [5.41, 5.74) is -0.536. The van der Waals surface area contributed by atoms with Crippen molar-refractivity contribution >= 4 is 0 Å². The minimum absolute atomic E-state index is 0.00338. The monoisotopic (exact) mass is 264 g/mol. The molecule has 0 spiro atoms. The van der Waals surface area contributed by atoms with Gasteiger partial charge in [-0.15, -0.1) is 13.2 Å². The number of aliphatic hydroxyl groups is 1. The van der Waals surface area contributed by atoms with Crippen molar-refractivity contribution in [3.05, 3.63) is 24.3 Å². The molecule has 0 aliphatic rings. The molecule has 102 valence electrons. The number of halogens is 3. The number of rotatable bonds is 5. The van der Waals surface area contributed by atoms with E-state index in [4.69, 9.17) is 9.84 Å². The number of alkyl halides is 3. The van der Waals surface area contributed by atoms with E-state index in [1.165, 1.54) is 18.2 Å². The van der Waals surface area contributed by atoms with Crippen LogP contribution in [0.5, 0.6) is 11.5 Å². The molecule has 1 aromatic carbocycles. The van der Waals surface area contributed by atoms with Crippen molar-refractivity contribution in [3.8, 4) is 11.5 Å². The second-order valence-electron chi connectivity index (χ2n) is 4.61. The first-order valence-corrected chi connectivity index (χ1v) is 5.32. The summed E-state index contributed by atoms with van der Waals surface area (Å²) in [6.45, 7) is 3.43. The predicted octanol–water partition coefficient (Wildman–Crippen LogP) is 2.98. The van der Waals surface area contributed by atoms with Gasteiger partial charge in [0.25, 0.3) is 0 Å². The molecule has 0 amide bonds. The molecule has 0 heterocycles. The number of para-hydroxylation sites is 2. The summed E-state index contributed by atoms with van der Waals surface area (Å²) in [5.74, 6) is -0.393. The molecule has 6 heteroatoms. The maximum Gasteiger partial charge on any atom is 0.573 e. The molecule has 1 N–H and O–H groups in total. The normalized spacial score (nSPS) is 12.3. The highest BCUT2D eigenvalue weighted by Gasteiger charge is 2.32. The molecule has 1 rings (SSSR count). The van der Waals surface area contributed by atoms with Gasteiger partial charge in [0.2, 0.25) is 0 Å². The smallest absolute Gasteiger partial charge is 0.489 e.